The van der Waals surface area contributed by atoms with Gasteiger partial charge in [0, 0.05) is 36.6 Å². The first kappa shape index (κ1) is 21.6. The van der Waals surface area contributed by atoms with Crippen LogP contribution in [0.2, 0.25) is 0 Å². The molecule has 0 spiro atoms. The number of aromatic nitrogens is 1. The maximum absolute atomic E-state index is 13.1. The van der Waals surface area contributed by atoms with Crippen LogP contribution in [-0.4, -0.2) is 21.8 Å². The summed E-state index contributed by atoms with van der Waals surface area (Å²) in [6.45, 7) is 4.70. The predicted molar refractivity (Wildman–Crippen MR) is 128 cm³/mol. The number of hydrogen-bond donors (Lipinski definition) is 0. The fourth-order valence-electron chi connectivity index (χ4n) is 3.74. The zero-order valence-electron chi connectivity index (χ0n) is 18.6. The molecule has 4 rings (SSSR count). The largest absolute Gasteiger partial charge is 0.440 e. The average Bonchev–Trinajstić information content (AvgIpc) is 3.27. The highest BCUT2D eigenvalue weighted by atomic mass is 16.4. The lowest BCUT2D eigenvalue weighted by atomic mass is 10.1. The number of rotatable bonds is 8. The lowest BCUT2D eigenvalue weighted by Crippen LogP contribution is -2.36. The molecule has 1 heterocycles. The van der Waals surface area contributed by atoms with Gasteiger partial charge in [0.25, 0.3) is 0 Å². The second kappa shape index (κ2) is 10.1. The van der Waals surface area contributed by atoms with E-state index in [4.69, 9.17) is 9.40 Å². The molecule has 0 saturated heterocycles. The van der Waals surface area contributed by atoms with E-state index in [9.17, 15) is 4.79 Å². The molecule has 0 radical (unpaired) electrons. The van der Waals surface area contributed by atoms with Gasteiger partial charge in [0.1, 0.15) is 5.69 Å². The fourth-order valence-corrected chi connectivity index (χ4v) is 3.74. The fraction of sp³-hybridized carbons (Fsp3) is 0.214. The quantitative estimate of drug-likeness (QED) is 0.330. The van der Waals surface area contributed by atoms with Gasteiger partial charge in [0.15, 0.2) is 11.7 Å². The Bertz CT molecular complexity index is 1080. The Balaban J connectivity index is 1.54. The summed E-state index contributed by atoms with van der Waals surface area (Å²) in [6.07, 6.45) is 0.817. The minimum atomic E-state index is 0.101. The normalized spacial score (nSPS) is 11.0. The number of carbonyl (C=O) groups excluding carboxylic acids is 1. The second-order valence-corrected chi connectivity index (χ2v) is 8.12. The van der Waals surface area contributed by atoms with Crippen LogP contribution in [0, 0.1) is 0 Å². The Kier molecular flexibility index (Phi) is 6.81. The molecule has 0 atom stereocenters. The third kappa shape index (κ3) is 5.14. The molecule has 0 aliphatic heterocycles. The third-order valence-electron chi connectivity index (χ3n) is 5.45. The molecule has 4 aromatic rings. The molecule has 4 nitrogen and oxygen atoms in total. The lowest BCUT2D eigenvalue weighted by Gasteiger charge is -2.27. The number of benzene rings is 3. The van der Waals surface area contributed by atoms with Crippen molar-refractivity contribution in [3.8, 4) is 22.6 Å². The summed E-state index contributed by atoms with van der Waals surface area (Å²) in [5.74, 6) is 1.42. The standard InChI is InChI=1S/C28H28N2O2/c1-21(2)30(20-22-12-6-3-7-13-22)26(31)19-18-25-29-27(23-14-8-4-9-15-23)28(32-25)24-16-10-5-11-17-24/h3-17,21H,18-20H2,1-2H3. The summed E-state index contributed by atoms with van der Waals surface area (Å²) in [6, 6.07) is 30.2. The van der Waals surface area contributed by atoms with Gasteiger partial charge in [-0.2, -0.15) is 0 Å². The number of oxazole rings is 1. The van der Waals surface area contributed by atoms with E-state index < -0.39 is 0 Å². The topological polar surface area (TPSA) is 46.3 Å². The monoisotopic (exact) mass is 424 g/mol. The minimum absolute atomic E-state index is 0.101. The smallest absolute Gasteiger partial charge is 0.223 e. The van der Waals surface area contributed by atoms with Gasteiger partial charge in [-0.15, -0.1) is 0 Å². The first-order chi connectivity index (χ1) is 15.6. The highest BCUT2D eigenvalue weighted by molar-refractivity contribution is 5.78. The Morgan fingerprint density at radius 3 is 2.00 bits per heavy atom. The summed E-state index contributed by atoms with van der Waals surface area (Å²) >= 11 is 0. The maximum atomic E-state index is 13.1. The highest BCUT2D eigenvalue weighted by Crippen LogP contribution is 2.32. The van der Waals surface area contributed by atoms with Crippen LogP contribution >= 0.6 is 0 Å². The summed E-state index contributed by atoms with van der Waals surface area (Å²) in [5.41, 5.74) is 3.91. The van der Waals surface area contributed by atoms with Crippen LogP contribution < -0.4 is 0 Å². The zero-order chi connectivity index (χ0) is 22.3. The van der Waals surface area contributed by atoms with Crippen LogP contribution in [0.3, 0.4) is 0 Å². The number of hydrogen-bond acceptors (Lipinski definition) is 3. The van der Waals surface area contributed by atoms with E-state index in [0.717, 1.165) is 28.1 Å². The van der Waals surface area contributed by atoms with E-state index in [2.05, 4.69) is 12.1 Å². The number of carbonyl (C=O) groups is 1. The predicted octanol–water partition coefficient (Wildman–Crippen LogP) is 6.38. The maximum Gasteiger partial charge on any atom is 0.223 e. The highest BCUT2D eigenvalue weighted by Gasteiger charge is 2.20. The van der Waals surface area contributed by atoms with E-state index in [1.165, 1.54) is 0 Å². The molecule has 0 aliphatic rings. The molecule has 4 heteroatoms. The molecule has 0 aliphatic carbocycles. The van der Waals surface area contributed by atoms with Crippen molar-refractivity contribution in [2.45, 2.75) is 39.3 Å². The van der Waals surface area contributed by atoms with Crippen molar-refractivity contribution in [2.24, 2.45) is 0 Å². The molecule has 162 valence electrons. The second-order valence-electron chi connectivity index (χ2n) is 8.12. The summed E-state index contributed by atoms with van der Waals surface area (Å²) in [4.78, 5) is 19.7. The first-order valence-corrected chi connectivity index (χ1v) is 11.1. The van der Waals surface area contributed by atoms with Crippen molar-refractivity contribution in [2.75, 3.05) is 0 Å². The summed E-state index contributed by atoms with van der Waals surface area (Å²) < 4.78 is 6.18. The Labute approximate surface area is 189 Å². The van der Waals surface area contributed by atoms with E-state index >= 15 is 0 Å². The van der Waals surface area contributed by atoms with E-state index in [-0.39, 0.29) is 11.9 Å². The first-order valence-electron chi connectivity index (χ1n) is 11.1. The number of amides is 1. The molecule has 0 bridgehead atoms. The zero-order valence-corrected chi connectivity index (χ0v) is 18.6. The Morgan fingerprint density at radius 1 is 0.844 bits per heavy atom. The number of aryl methyl sites for hydroxylation is 1. The van der Waals surface area contributed by atoms with Gasteiger partial charge in [0.05, 0.1) is 0 Å². The van der Waals surface area contributed by atoms with E-state index in [0.29, 0.717) is 25.3 Å². The molecule has 3 aromatic carbocycles. The third-order valence-corrected chi connectivity index (χ3v) is 5.45. The van der Waals surface area contributed by atoms with Crippen molar-refractivity contribution in [3.05, 3.63) is 102 Å². The van der Waals surface area contributed by atoms with Gasteiger partial charge in [-0.1, -0.05) is 91.0 Å². The van der Waals surface area contributed by atoms with Crippen LogP contribution in [0.5, 0.6) is 0 Å². The molecule has 1 amide bonds. The van der Waals surface area contributed by atoms with Gasteiger partial charge in [-0.3, -0.25) is 4.79 Å². The average molecular weight is 425 g/mol. The van der Waals surface area contributed by atoms with Crippen LogP contribution in [0.15, 0.2) is 95.4 Å². The van der Waals surface area contributed by atoms with Crippen LogP contribution in [0.1, 0.15) is 31.7 Å². The van der Waals surface area contributed by atoms with Crippen molar-refractivity contribution >= 4 is 5.91 Å². The van der Waals surface area contributed by atoms with Gasteiger partial charge >= 0.3 is 0 Å². The molecule has 0 unspecified atom stereocenters. The van der Waals surface area contributed by atoms with Gasteiger partial charge < -0.3 is 9.32 Å². The molecular formula is C28H28N2O2. The molecule has 0 N–H and O–H groups in total. The molecular weight excluding hydrogens is 396 g/mol. The Morgan fingerprint density at radius 2 is 1.41 bits per heavy atom. The minimum Gasteiger partial charge on any atom is -0.440 e. The van der Waals surface area contributed by atoms with Crippen molar-refractivity contribution in [1.29, 1.82) is 0 Å². The van der Waals surface area contributed by atoms with Crippen LogP contribution in [0.4, 0.5) is 0 Å². The van der Waals surface area contributed by atoms with E-state index in [1.54, 1.807) is 0 Å². The number of nitrogens with zero attached hydrogens (tertiary/aromatic N) is 2. The van der Waals surface area contributed by atoms with Crippen molar-refractivity contribution < 1.29 is 9.21 Å². The molecule has 32 heavy (non-hydrogen) atoms. The van der Waals surface area contributed by atoms with Gasteiger partial charge in [-0.25, -0.2) is 4.98 Å². The summed E-state index contributed by atoms with van der Waals surface area (Å²) in [5, 5.41) is 0. The molecule has 1 aromatic heterocycles. The SMILES string of the molecule is CC(C)N(Cc1ccccc1)C(=O)CCc1nc(-c2ccccc2)c(-c2ccccc2)o1. The molecule has 0 saturated carbocycles. The van der Waals surface area contributed by atoms with Crippen molar-refractivity contribution in [3.63, 3.8) is 0 Å². The molecule has 0 fully saturated rings. The van der Waals surface area contributed by atoms with Gasteiger partial charge in [0.2, 0.25) is 5.91 Å². The van der Waals surface area contributed by atoms with Crippen molar-refractivity contribution in [1.82, 2.24) is 9.88 Å². The van der Waals surface area contributed by atoms with Crippen LogP contribution in [0.25, 0.3) is 22.6 Å². The lowest BCUT2D eigenvalue weighted by molar-refractivity contribution is -0.133. The van der Waals surface area contributed by atoms with Crippen LogP contribution in [-0.2, 0) is 17.8 Å². The van der Waals surface area contributed by atoms with E-state index in [1.807, 2.05) is 97.6 Å². The summed E-state index contributed by atoms with van der Waals surface area (Å²) in [7, 11) is 0. The van der Waals surface area contributed by atoms with Gasteiger partial charge in [-0.05, 0) is 19.4 Å². The Hall–Kier alpha value is -3.66.